The summed E-state index contributed by atoms with van der Waals surface area (Å²) in [5.74, 6) is 0.821. The minimum atomic E-state index is 0.0735. The number of carbonyl (C=O) groups excluding carboxylic acids is 1. The average molecular weight is 510 g/mol. The summed E-state index contributed by atoms with van der Waals surface area (Å²) < 4.78 is 7.97. The topological polar surface area (TPSA) is 26.3 Å². The van der Waals surface area contributed by atoms with Gasteiger partial charge in [-0.05, 0) is 64.6 Å². The standard InChI is InChI=1S/C15H11Br2IO2/c1-20-11-3-5-13(16)9(6-11)7-15(19)12-8-10(18)2-4-14(12)17/h2-6,8H,7H2,1H3. The smallest absolute Gasteiger partial charge is 0.168 e. The summed E-state index contributed by atoms with van der Waals surface area (Å²) in [7, 11) is 1.62. The molecule has 0 aromatic heterocycles. The highest BCUT2D eigenvalue weighted by Crippen LogP contribution is 2.26. The van der Waals surface area contributed by atoms with Crippen molar-refractivity contribution in [1.29, 1.82) is 0 Å². The van der Waals surface area contributed by atoms with Crippen LogP contribution in [0.25, 0.3) is 0 Å². The summed E-state index contributed by atoms with van der Waals surface area (Å²) in [5.41, 5.74) is 1.62. The fraction of sp³-hybridized carbons (Fsp3) is 0.133. The van der Waals surface area contributed by atoms with E-state index in [9.17, 15) is 4.79 Å². The fourth-order valence-corrected chi connectivity index (χ4v) is 3.14. The highest BCUT2D eigenvalue weighted by Gasteiger charge is 2.13. The number of rotatable bonds is 4. The molecule has 2 nitrogen and oxygen atoms in total. The van der Waals surface area contributed by atoms with Crippen LogP contribution in [0.1, 0.15) is 15.9 Å². The third-order valence-electron chi connectivity index (χ3n) is 2.83. The summed E-state index contributed by atoms with van der Waals surface area (Å²) in [4.78, 5) is 12.4. The molecule has 0 N–H and O–H groups in total. The molecule has 0 radical (unpaired) electrons. The summed E-state index contributed by atoms with van der Waals surface area (Å²) in [5, 5.41) is 0. The van der Waals surface area contributed by atoms with E-state index in [2.05, 4.69) is 54.5 Å². The van der Waals surface area contributed by atoms with Crippen LogP contribution in [0, 0.1) is 3.57 Å². The van der Waals surface area contributed by atoms with Crippen LogP contribution in [0.2, 0.25) is 0 Å². The van der Waals surface area contributed by atoms with Gasteiger partial charge in [-0.3, -0.25) is 4.79 Å². The molecule has 2 aromatic rings. The molecular formula is C15H11Br2IO2. The predicted molar refractivity (Wildman–Crippen MR) is 95.6 cm³/mol. The Labute approximate surface area is 148 Å². The molecule has 5 heteroatoms. The van der Waals surface area contributed by atoms with Gasteiger partial charge in [0.15, 0.2) is 5.78 Å². The van der Waals surface area contributed by atoms with Crippen molar-refractivity contribution < 1.29 is 9.53 Å². The Morgan fingerprint density at radius 2 is 1.85 bits per heavy atom. The molecule has 0 atom stereocenters. The number of Topliss-reactive ketones (excluding diaryl/α,β-unsaturated/α-hetero) is 1. The second-order valence-corrected chi connectivity index (χ2v) is 7.14. The van der Waals surface area contributed by atoms with E-state index in [1.807, 2.05) is 36.4 Å². The van der Waals surface area contributed by atoms with E-state index in [4.69, 9.17) is 4.74 Å². The van der Waals surface area contributed by atoms with Gasteiger partial charge in [0, 0.05) is 24.5 Å². The van der Waals surface area contributed by atoms with Gasteiger partial charge in [-0.15, -0.1) is 0 Å². The van der Waals surface area contributed by atoms with Crippen molar-refractivity contribution in [2.24, 2.45) is 0 Å². The fourth-order valence-electron chi connectivity index (χ4n) is 1.79. The second-order valence-electron chi connectivity index (χ2n) is 4.18. The molecular weight excluding hydrogens is 499 g/mol. The molecule has 0 spiro atoms. The number of hydrogen-bond acceptors (Lipinski definition) is 2. The highest BCUT2D eigenvalue weighted by molar-refractivity contribution is 14.1. The van der Waals surface area contributed by atoms with E-state index in [1.54, 1.807) is 7.11 Å². The SMILES string of the molecule is COc1ccc(Br)c(CC(=O)c2cc(I)ccc2Br)c1. The predicted octanol–water partition coefficient (Wildman–Crippen LogP) is 5.25. The zero-order valence-corrected chi connectivity index (χ0v) is 16.0. The van der Waals surface area contributed by atoms with Crippen LogP contribution in [0.4, 0.5) is 0 Å². The first-order valence-electron chi connectivity index (χ1n) is 5.82. The van der Waals surface area contributed by atoms with Gasteiger partial charge >= 0.3 is 0 Å². The lowest BCUT2D eigenvalue weighted by atomic mass is 10.0. The average Bonchev–Trinajstić information content (AvgIpc) is 2.43. The molecule has 0 aliphatic carbocycles. The maximum Gasteiger partial charge on any atom is 0.168 e. The van der Waals surface area contributed by atoms with E-state index in [1.165, 1.54) is 0 Å². The quantitative estimate of drug-likeness (QED) is 0.416. The molecule has 2 aromatic carbocycles. The number of ether oxygens (including phenoxy) is 1. The molecule has 104 valence electrons. The van der Waals surface area contributed by atoms with E-state index >= 15 is 0 Å². The third-order valence-corrected chi connectivity index (χ3v) is 4.97. The van der Waals surface area contributed by atoms with Gasteiger partial charge in [-0.1, -0.05) is 31.9 Å². The lowest BCUT2D eigenvalue weighted by molar-refractivity contribution is 0.0992. The monoisotopic (exact) mass is 508 g/mol. The van der Waals surface area contributed by atoms with Crippen LogP contribution in [0.3, 0.4) is 0 Å². The Balaban J connectivity index is 2.30. The number of halogens is 3. The molecule has 0 saturated carbocycles. The molecule has 20 heavy (non-hydrogen) atoms. The first-order chi connectivity index (χ1) is 9.51. The van der Waals surface area contributed by atoms with Gasteiger partial charge in [0.1, 0.15) is 5.75 Å². The third kappa shape index (κ3) is 3.83. The minimum Gasteiger partial charge on any atom is -0.497 e. The van der Waals surface area contributed by atoms with Crippen LogP contribution in [-0.2, 0) is 6.42 Å². The van der Waals surface area contributed by atoms with E-state index in [-0.39, 0.29) is 5.78 Å². The maximum absolute atomic E-state index is 12.4. The molecule has 0 aliphatic heterocycles. The molecule has 0 fully saturated rings. The van der Waals surface area contributed by atoms with Gasteiger partial charge in [0.2, 0.25) is 0 Å². The van der Waals surface area contributed by atoms with Crippen molar-refractivity contribution in [3.63, 3.8) is 0 Å². The molecule has 0 aliphatic rings. The number of carbonyl (C=O) groups is 1. The van der Waals surface area contributed by atoms with Crippen molar-refractivity contribution in [1.82, 2.24) is 0 Å². The van der Waals surface area contributed by atoms with Gasteiger partial charge in [-0.2, -0.15) is 0 Å². The molecule has 0 amide bonds. The summed E-state index contributed by atoms with van der Waals surface area (Å²) in [6.45, 7) is 0. The van der Waals surface area contributed by atoms with Gasteiger partial charge in [0.05, 0.1) is 7.11 Å². The Morgan fingerprint density at radius 3 is 2.55 bits per heavy atom. The largest absolute Gasteiger partial charge is 0.497 e. The minimum absolute atomic E-state index is 0.0735. The molecule has 2 rings (SSSR count). The van der Waals surface area contributed by atoms with Crippen molar-refractivity contribution in [2.75, 3.05) is 7.11 Å². The van der Waals surface area contributed by atoms with Gasteiger partial charge < -0.3 is 4.74 Å². The van der Waals surface area contributed by atoms with Crippen molar-refractivity contribution in [3.8, 4) is 5.75 Å². The van der Waals surface area contributed by atoms with E-state index in [0.29, 0.717) is 12.0 Å². The summed E-state index contributed by atoms with van der Waals surface area (Å²) >= 11 is 9.11. The van der Waals surface area contributed by atoms with Crippen LogP contribution in [-0.4, -0.2) is 12.9 Å². The number of ketones is 1. The Hall–Kier alpha value is -0.400. The Bertz CT molecular complexity index is 656. The molecule has 0 bridgehead atoms. The van der Waals surface area contributed by atoms with Crippen LogP contribution in [0.5, 0.6) is 5.75 Å². The van der Waals surface area contributed by atoms with Crippen molar-refractivity contribution in [2.45, 2.75) is 6.42 Å². The second kappa shape index (κ2) is 7.04. The number of hydrogen-bond donors (Lipinski definition) is 0. The number of methoxy groups -OCH3 is 1. The molecule has 0 heterocycles. The van der Waals surface area contributed by atoms with Crippen molar-refractivity contribution in [3.05, 3.63) is 60.0 Å². The summed E-state index contributed by atoms with van der Waals surface area (Å²) in [6, 6.07) is 11.4. The maximum atomic E-state index is 12.4. The van der Waals surface area contributed by atoms with E-state index < -0.39 is 0 Å². The lowest BCUT2D eigenvalue weighted by Crippen LogP contribution is -2.05. The van der Waals surface area contributed by atoms with Gasteiger partial charge in [-0.25, -0.2) is 0 Å². The zero-order chi connectivity index (χ0) is 14.7. The first-order valence-corrected chi connectivity index (χ1v) is 8.48. The molecule has 0 unspecified atom stereocenters. The summed E-state index contributed by atoms with van der Waals surface area (Å²) in [6.07, 6.45) is 0.330. The van der Waals surface area contributed by atoms with Gasteiger partial charge in [0.25, 0.3) is 0 Å². The molecule has 0 saturated heterocycles. The Morgan fingerprint density at radius 1 is 1.15 bits per heavy atom. The Kier molecular flexibility index (Phi) is 5.63. The van der Waals surface area contributed by atoms with Crippen LogP contribution in [0.15, 0.2) is 45.3 Å². The van der Waals surface area contributed by atoms with E-state index in [0.717, 1.165) is 23.8 Å². The van der Waals surface area contributed by atoms with Crippen LogP contribution >= 0.6 is 54.5 Å². The number of benzene rings is 2. The normalized spacial score (nSPS) is 10.4. The lowest BCUT2D eigenvalue weighted by Gasteiger charge is -2.08. The first kappa shape index (κ1) is 16.0. The van der Waals surface area contributed by atoms with Crippen molar-refractivity contribution >= 4 is 60.2 Å². The van der Waals surface area contributed by atoms with Crippen LogP contribution < -0.4 is 4.74 Å². The highest BCUT2D eigenvalue weighted by atomic mass is 127. The zero-order valence-electron chi connectivity index (χ0n) is 10.6.